The maximum atomic E-state index is 5.47. The minimum atomic E-state index is 0.415. The zero-order valence-electron chi connectivity index (χ0n) is 12.0. The van der Waals surface area contributed by atoms with Crippen molar-refractivity contribution >= 4 is 0 Å². The molecule has 0 bridgehead atoms. The van der Waals surface area contributed by atoms with Crippen LogP contribution in [0.1, 0.15) is 50.8 Å². The van der Waals surface area contributed by atoms with Gasteiger partial charge in [0.1, 0.15) is 0 Å². The average Bonchev–Trinajstić information content (AvgIpc) is 2.39. The first kappa shape index (κ1) is 15.2. The van der Waals surface area contributed by atoms with Crippen molar-refractivity contribution in [3.05, 3.63) is 35.4 Å². The first-order valence-electron chi connectivity index (χ1n) is 7.21. The first-order chi connectivity index (χ1) is 8.81. The highest BCUT2D eigenvalue weighted by molar-refractivity contribution is 5.26. The quantitative estimate of drug-likeness (QED) is 0.674. The van der Waals surface area contributed by atoms with Gasteiger partial charge in [-0.05, 0) is 37.4 Å². The standard InChI is InChI=1S/C16H27NO/c1-4-8-14-9-7-10-15(13-14)16(17-5-2)11-12-18-6-3/h7,9-10,13,16-17H,4-6,8,11-12H2,1-3H3. The van der Waals surface area contributed by atoms with Gasteiger partial charge in [-0.1, -0.05) is 44.5 Å². The van der Waals surface area contributed by atoms with E-state index in [-0.39, 0.29) is 0 Å². The van der Waals surface area contributed by atoms with Crippen LogP contribution >= 0.6 is 0 Å². The summed E-state index contributed by atoms with van der Waals surface area (Å²) in [5.74, 6) is 0. The lowest BCUT2D eigenvalue weighted by Crippen LogP contribution is -2.22. The minimum absolute atomic E-state index is 0.415. The normalized spacial score (nSPS) is 12.6. The molecule has 0 fully saturated rings. The van der Waals surface area contributed by atoms with Crippen LogP contribution in [0.2, 0.25) is 0 Å². The number of hydrogen-bond donors (Lipinski definition) is 1. The van der Waals surface area contributed by atoms with E-state index in [4.69, 9.17) is 4.74 Å². The van der Waals surface area contributed by atoms with E-state index in [1.807, 2.05) is 6.92 Å². The van der Waals surface area contributed by atoms with E-state index < -0.39 is 0 Å². The lowest BCUT2D eigenvalue weighted by Gasteiger charge is -2.19. The molecule has 0 amide bonds. The van der Waals surface area contributed by atoms with E-state index in [2.05, 4.69) is 43.4 Å². The van der Waals surface area contributed by atoms with Crippen LogP contribution in [0, 0.1) is 0 Å². The Labute approximate surface area is 112 Å². The first-order valence-corrected chi connectivity index (χ1v) is 7.21. The third kappa shape index (κ3) is 5.19. The summed E-state index contributed by atoms with van der Waals surface area (Å²) in [7, 11) is 0. The Morgan fingerprint density at radius 1 is 1.22 bits per heavy atom. The van der Waals surface area contributed by atoms with Crippen molar-refractivity contribution in [2.24, 2.45) is 0 Å². The maximum absolute atomic E-state index is 5.47. The molecule has 0 spiro atoms. The van der Waals surface area contributed by atoms with Gasteiger partial charge in [-0.25, -0.2) is 0 Å². The van der Waals surface area contributed by atoms with Crippen LogP contribution < -0.4 is 5.32 Å². The van der Waals surface area contributed by atoms with Crippen molar-refractivity contribution in [2.75, 3.05) is 19.8 Å². The lowest BCUT2D eigenvalue weighted by molar-refractivity contribution is 0.136. The second-order valence-electron chi connectivity index (χ2n) is 4.59. The summed E-state index contributed by atoms with van der Waals surface area (Å²) in [6.07, 6.45) is 3.41. The molecule has 102 valence electrons. The van der Waals surface area contributed by atoms with Crippen molar-refractivity contribution in [2.45, 2.75) is 46.1 Å². The summed E-state index contributed by atoms with van der Waals surface area (Å²) in [5, 5.41) is 3.55. The number of ether oxygens (including phenoxy) is 1. The molecular weight excluding hydrogens is 222 g/mol. The Morgan fingerprint density at radius 2 is 2.06 bits per heavy atom. The lowest BCUT2D eigenvalue weighted by atomic mass is 10.00. The number of rotatable bonds is 9. The molecule has 0 radical (unpaired) electrons. The highest BCUT2D eigenvalue weighted by Crippen LogP contribution is 2.19. The largest absolute Gasteiger partial charge is 0.382 e. The van der Waals surface area contributed by atoms with Crippen molar-refractivity contribution in [3.8, 4) is 0 Å². The van der Waals surface area contributed by atoms with Crippen LogP contribution in [0.4, 0.5) is 0 Å². The topological polar surface area (TPSA) is 21.3 Å². The Kier molecular flexibility index (Phi) is 7.70. The predicted molar refractivity (Wildman–Crippen MR) is 78.0 cm³/mol. The molecule has 2 heteroatoms. The van der Waals surface area contributed by atoms with Gasteiger partial charge in [0.05, 0.1) is 0 Å². The molecule has 18 heavy (non-hydrogen) atoms. The third-order valence-electron chi connectivity index (χ3n) is 3.10. The van der Waals surface area contributed by atoms with E-state index in [9.17, 15) is 0 Å². The molecule has 0 aliphatic carbocycles. The van der Waals surface area contributed by atoms with Gasteiger partial charge in [0.25, 0.3) is 0 Å². The summed E-state index contributed by atoms with van der Waals surface area (Å²) in [4.78, 5) is 0. The van der Waals surface area contributed by atoms with Gasteiger partial charge in [-0.3, -0.25) is 0 Å². The number of aryl methyl sites for hydroxylation is 1. The number of nitrogens with one attached hydrogen (secondary N) is 1. The van der Waals surface area contributed by atoms with Crippen molar-refractivity contribution in [1.29, 1.82) is 0 Å². The Hall–Kier alpha value is -0.860. The highest BCUT2D eigenvalue weighted by Gasteiger charge is 2.10. The molecule has 0 saturated carbocycles. The highest BCUT2D eigenvalue weighted by atomic mass is 16.5. The molecule has 0 aromatic heterocycles. The Morgan fingerprint density at radius 3 is 2.72 bits per heavy atom. The second kappa shape index (κ2) is 9.12. The molecule has 1 aromatic rings. The van der Waals surface area contributed by atoms with E-state index >= 15 is 0 Å². The van der Waals surface area contributed by atoms with Gasteiger partial charge in [-0.15, -0.1) is 0 Å². The fraction of sp³-hybridized carbons (Fsp3) is 0.625. The fourth-order valence-corrected chi connectivity index (χ4v) is 2.23. The van der Waals surface area contributed by atoms with Crippen LogP contribution in [-0.4, -0.2) is 19.8 Å². The zero-order valence-corrected chi connectivity index (χ0v) is 12.0. The van der Waals surface area contributed by atoms with E-state index in [0.717, 1.165) is 32.6 Å². The molecule has 1 rings (SSSR count). The van der Waals surface area contributed by atoms with Gasteiger partial charge < -0.3 is 10.1 Å². The number of benzene rings is 1. The smallest absolute Gasteiger partial charge is 0.0484 e. The average molecular weight is 249 g/mol. The molecular formula is C16H27NO. The SMILES string of the molecule is CCCc1cccc(C(CCOCC)NCC)c1. The molecule has 1 aromatic carbocycles. The molecule has 2 nitrogen and oxygen atoms in total. The number of hydrogen-bond acceptors (Lipinski definition) is 2. The van der Waals surface area contributed by atoms with Crippen LogP contribution in [0.25, 0.3) is 0 Å². The van der Waals surface area contributed by atoms with Crippen LogP contribution in [0.5, 0.6) is 0 Å². The summed E-state index contributed by atoms with van der Waals surface area (Å²) in [5.41, 5.74) is 2.83. The Bertz CT molecular complexity index is 325. The van der Waals surface area contributed by atoms with Gasteiger partial charge in [0.15, 0.2) is 0 Å². The summed E-state index contributed by atoms with van der Waals surface area (Å²) >= 11 is 0. The second-order valence-corrected chi connectivity index (χ2v) is 4.59. The maximum Gasteiger partial charge on any atom is 0.0484 e. The minimum Gasteiger partial charge on any atom is -0.382 e. The van der Waals surface area contributed by atoms with Crippen molar-refractivity contribution in [3.63, 3.8) is 0 Å². The van der Waals surface area contributed by atoms with Gasteiger partial charge in [0.2, 0.25) is 0 Å². The molecule has 0 aliphatic rings. The molecule has 1 N–H and O–H groups in total. The van der Waals surface area contributed by atoms with Gasteiger partial charge in [-0.2, -0.15) is 0 Å². The van der Waals surface area contributed by atoms with E-state index in [0.29, 0.717) is 6.04 Å². The zero-order chi connectivity index (χ0) is 13.2. The molecule has 0 aliphatic heterocycles. The van der Waals surface area contributed by atoms with Crippen LogP contribution in [-0.2, 0) is 11.2 Å². The summed E-state index contributed by atoms with van der Waals surface area (Å²) < 4.78 is 5.47. The van der Waals surface area contributed by atoms with E-state index in [1.165, 1.54) is 17.5 Å². The Balaban J connectivity index is 2.67. The molecule has 0 saturated heterocycles. The van der Waals surface area contributed by atoms with E-state index in [1.54, 1.807) is 0 Å². The summed E-state index contributed by atoms with van der Waals surface area (Å²) in [6, 6.07) is 9.36. The van der Waals surface area contributed by atoms with Crippen molar-refractivity contribution < 1.29 is 4.74 Å². The predicted octanol–water partition coefficient (Wildman–Crippen LogP) is 3.72. The van der Waals surface area contributed by atoms with Crippen LogP contribution in [0.3, 0.4) is 0 Å². The summed E-state index contributed by atoms with van der Waals surface area (Å²) in [6.45, 7) is 9.05. The van der Waals surface area contributed by atoms with Crippen LogP contribution in [0.15, 0.2) is 24.3 Å². The van der Waals surface area contributed by atoms with Gasteiger partial charge >= 0.3 is 0 Å². The fourth-order valence-electron chi connectivity index (χ4n) is 2.23. The molecule has 1 atom stereocenters. The molecule has 1 unspecified atom stereocenters. The third-order valence-corrected chi connectivity index (χ3v) is 3.10. The van der Waals surface area contributed by atoms with Gasteiger partial charge in [0, 0.05) is 19.3 Å². The van der Waals surface area contributed by atoms with Crippen molar-refractivity contribution in [1.82, 2.24) is 5.32 Å². The molecule has 0 heterocycles. The monoisotopic (exact) mass is 249 g/mol.